The van der Waals surface area contributed by atoms with Crippen LogP contribution in [0.25, 0.3) is 0 Å². The molecule has 0 bridgehead atoms. The normalized spacial score (nSPS) is 16.4. The molecule has 0 aliphatic heterocycles. The van der Waals surface area contributed by atoms with Crippen LogP contribution in [-0.2, 0) is 24.7 Å². The number of rotatable bonds is 8. The van der Waals surface area contributed by atoms with Crippen molar-refractivity contribution >= 4 is 17.8 Å². The van der Waals surface area contributed by atoms with Gasteiger partial charge in [-0.1, -0.05) is 25.0 Å². The van der Waals surface area contributed by atoms with Gasteiger partial charge in [0.15, 0.2) is 0 Å². The summed E-state index contributed by atoms with van der Waals surface area (Å²) < 4.78 is 17.9. The van der Waals surface area contributed by atoms with Crippen LogP contribution in [0.5, 0.6) is 0 Å². The second kappa shape index (κ2) is 9.48. The van der Waals surface area contributed by atoms with Crippen LogP contribution in [-0.4, -0.2) is 30.9 Å². The molecule has 0 spiro atoms. The zero-order chi connectivity index (χ0) is 19.9. The summed E-state index contributed by atoms with van der Waals surface area (Å²) >= 11 is 0. The molecule has 27 heavy (non-hydrogen) atoms. The van der Waals surface area contributed by atoms with E-state index in [0.717, 1.165) is 25.7 Å². The van der Waals surface area contributed by atoms with Crippen LogP contribution < -0.4 is 10.6 Å². The molecule has 0 saturated heterocycles. The van der Waals surface area contributed by atoms with Gasteiger partial charge in [-0.05, 0) is 37.5 Å². The van der Waals surface area contributed by atoms with Gasteiger partial charge in [-0.15, -0.1) is 0 Å². The number of amides is 2. The SMILES string of the molecule is COC(=O)CC(C)(NC(=O)CCC(=O)NC1CCCC1)c1ccc(F)cc1. The summed E-state index contributed by atoms with van der Waals surface area (Å²) in [6.45, 7) is 1.67. The fourth-order valence-electron chi connectivity index (χ4n) is 3.36. The zero-order valence-electron chi connectivity index (χ0n) is 15.8. The third-order valence-corrected chi connectivity index (χ3v) is 4.92. The van der Waals surface area contributed by atoms with E-state index in [1.54, 1.807) is 6.92 Å². The minimum atomic E-state index is -1.06. The Morgan fingerprint density at radius 1 is 1.11 bits per heavy atom. The van der Waals surface area contributed by atoms with E-state index in [-0.39, 0.29) is 37.1 Å². The Labute approximate surface area is 158 Å². The molecule has 6 nitrogen and oxygen atoms in total. The Bertz CT molecular complexity index is 671. The highest BCUT2D eigenvalue weighted by Crippen LogP contribution is 2.26. The molecule has 1 aliphatic rings. The number of hydrogen-bond acceptors (Lipinski definition) is 4. The number of halogens is 1. The highest BCUT2D eigenvalue weighted by molar-refractivity contribution is 5.84. The van der Waals surface area contributed by atoms with Gasteiger partial charge in [0.25, 0.3) is 0 Å². The van der Waals surface area contributed by atoms with Crippen LogP contribution >= 0.6 is 0 Å². The third kappa shape index (κ3) is 6.34. The molecule has 2 rings (SSSR count). The Balaban J connectivity index is 1.96. The van der Waals surface area contributed by atoms with E-state index in [1.165, 1.54) is 31.4 Å². The van der Waals surface area contributed by atoms with E-state index < -0.39 is 17.3 Å². The van der Waals surface area contributed by atoms with Gasteiger partial charge < -0.3 is 15.4 Å². The van der Waals surface area contributed by atoms with E-state index in [1.807, 2.05) is 0 Å². The first-order chi connectivity index (χ1) is 12.8. The largest absolute Gasteiger partial charge is 0.469 e. The molecular formula is C20H27FN2O4. The predicted molar refractivity (Wildman–Crippen MR) is 98.2 cm³/mol. The molecule has 0 aromatic heterocycles. The minimum Gasteiger partial charge on any atom is -0.469 e. The molecule has 7 heteroatoms. The number of carbonyl (C=O) groups is 3. The highest BCUT2D eigenvalue weighted by Gasteiger charge is 2.32. The maximum Gasteiger partial charge on any atom is 0.308 e. The summed E-state index contributed by atoms with van der Waals surface area (Å²) in [7, 11) is 1.27. The van der Waals surface area contributed by atoms with Crippen molar-refractivity contribution in [2.45, 2.75) is 63.5 Å². The molecule has 1 unspecified atom stereocenters. The van der Waals surface area contributed by atoms with E-state index in [0.29, 0.717) is 5.56 Å². The Morgan fingerprint density at radius 2 is 1.70 bits per heavy atom. The van der Waals surface area contributed by atoms with Crippen molar-refractivity contribution < 1.29 is 23.5 Å². The van der Waals surface area contributed by atoms with E-state index in [9.17, 15) is 18.8 Å². The Kier molecular flexibility index (Phi) is 7.33. The highest BCUT2D eigenvalue weighted by atomic mass is 19.1. The molecule has 2 amide bonds. The molecule has 148 valence electrons. The number of nitrogens with one attached hydrogen (secondary N) is 2. The van der Waals surface area contributed by atoms with Crippen LogP contribution in [0.2, 0.25) is 0 Å². The molecule has 1 atom stereocenters. The van der Waals surface area contributed by atoms with Crippen molar-refractivity contribution in [3.05, 3.63) is 35.6 Å². The second-order valence-electron chi connectivity index (χ2n) is 7.19. The van der Waals surface area contributed by atoms with Crippen molar-refractivity contribution in [1.29, 1.82) is 0 Å². The predicted octanol–water partition coefficient (Wildman–Crippen LogP) is 2.56. The van der Waals surface area contributed by atoms with E-state index in [2.05, 4.69) is 10.6 Å². The lowest BCUT2D eigenvalue weighted by atomic mass is 9.88. The van der Waals surface area contributed by atoms with Crippen molar-refractivity contribution in [3.63, 3.8) is 0 Å². The standard InChI is InChI=1S/C20H27FN2O4/c1-20(13-19(26)27-2,14-7-9-15(21)10-8-14)23-18(25)12-11-17(24)22-16-5-3-4-6-16/h7-10,16H,3-6,11-13H2,1-2H3,(H,22,24)(H,23,25). The average molecular weight is 378 g/mol. The number of hydrogen-bond donors (Lipinski definition) is 2. The number of ether oxygens (including phenoxy) is 1. The monoisotopic (exact) mass is 378 g/mol. The maximum absolute atomic E-state index is 13.2. The van der Waals surface area contributed by atoms with Gasteiger partial charge in [0.1, 0.15) is 5.82 Å². The fraction of sp³-hybridized carbons (Fsp3) is 0.550. The lowest BCUT2D eigenvalue weighted by molar-refractivity contribution is -0.142. The summed E-state index contributed by atoms with van der Waals surface area (Å²) in [5, 5.41) is 5.74. The molecule has 1 aromatic carbocycles. The molecule has 0 heterocycles. The number of carbonyl (C=O) groups excluding carboxylic acids is 3. The lowest BCUT2D eigenvalue weighted by Crippen LogP contribution is -2.45. The average Bonchev–Trinajstić information content (AvgIpc) is 3.13. The number of methoxy groups -OCH3 is 1. The molecule has 1 aliphatic carbocycles. The smallest absolute Gasteiger partial charge is 0.308 e. The van der Waals surface area contributed by atoms with Crippen LogP contribution in [0.15, 0.2) is 24.3 Å². The van der Waals surface area contributed by atoms with Crippen LogP contribution in [0.4, 0.5) is 4.39 Å². The molecule has 0 radical (unpaired) electrons. The van der Waals surface area contributed by atoms with Gasteiger partial charge in [0.2, 0.25) is 11.8 Å². The molecular weight excluding hydrogens is 351 g/mol. The fourth-order valence-corrected chi connectivity index (χ4v) is 3.36. The summed E-state index contributed by atoms with van der Waals surface area (Å²) in [5.41, 5.74) is -0.474. The number of benzene rings is 1. The Hall–Kier alpha value is -2.44. The van der Waals surface area contributed by atoms with E-state index in [4.69, 9.17) is 4.74 Å². The maximum atomic E-state index is 13.2. The number of esters is 1. The van der Waals surface area contributed by atoms with Crippen molar-refractivity contribution in [1.82, 2.24) is 10.6 Å². The third-order valence-electron chi connectivity index (χ3n) is 4.92. The summed E-state index contributed by atoms with van der Waals surface area (Å²) in [5.74, 6) is -1.41. The van der Waals surface area contributed by atoms with Crippen molar-refractivity contribution in [2.75, 3.05) is 7.11 Å². The first-order valence-electron chi connectivity index (χ1n) is 9.25. The molecule has 1 saturated carbocycles. The first-order valence-corrected chi connectivity index (χ1v) is 9.25. The van der Waals surface area contributed by atoms with Gasteiger partial charge in [-0.25, -0.2) is 4.39 Å². The molecule has 1 fully saturated rings. The summed E-state index contributed by atoms with van der Waals surface area (Å²) in [6, 6.07) is 5.79. The van der Waals surface area contributed by atoms with Gasteiger partial charge in [-0.2, -0.15) is 0 Å². The van der Waals surface area contributed by atoms with Crippen LogP contribution in [0, 0.1) is 5.82 Å². The summed E-state index contributed by atoms with van der Waals surface area (Å²) in [6.07, 6.45) is 4.20. The molecule has 2 N–H and O–H groups in total. The van der Waals surface area contributed by atoms with Crippen molar-refractivity contribution in [3.8, 4) is 0 Å². The quantitative estimate of drug-likeness (QED) is 0.681. The zero-order valence-corrected chi connectivity index (χ0v) is 15.8. The Morgan fingerprint density at radius 3 is 2.30 bits per heavy atom. The van der Waals surface area contributed by atoms with Crippen LogP contribution in [0.3, 0.4) is 0 Å². The van der Waals surface area contributed by atoms with Gasteiger partial charge in [0, 0.05) is 18.9 Å². The minimum absolute atomic E-state index is 0.0104. The first kappa shape index (κ1) is 20.9. The second-order valence-corrected chi connectivity index (χ2v) is 7.19. The van der Waals surface area contributed by atoms with Gasteiger partial charge in [-0.3, -0.25) is 14.4 Å². The van der Waals surface area contributed by atoms with Gasteiger partial charge >= 0.3 is 5.97 Å². The topological polar surface area (TPSA) is 84.5 Å². The summed E-state index contributed by atoms with van der Waals surface area (Å²) in [4.78, 5) is 36.2. The lowest BCUT2D eigenvalue weighted by Gasteiger charge is -2.30. The van der Waals surface area contributed by atoms with E-state index >= 15 is 0 Å². The van der Waals surface area contributed by atoms with Crippen LogP contribution in [0.1, 0.15) is 57.4 Å². The van der Waals surface area contributed by atoms with Crippen molar-refractivity contribution in [2.24, 2.45) is 0 Å². The van der Waals surface area contributed by atoms with Gasteiger partial charge in [0.05, 0.1) is 19.1 Å². The molecule has 1 aromatic rings.